The van der Waals surface area contributed by atoms with Crippen LogP contribution in [-0.2, 0) is 0 Å². The molecular weight excluding hydrogens is 504 g/mol. The smallest absolute Gasteiger partial charge is 0.213 e. The molecule has 5 rings (SSSR count). The van der Waals surface area contributed by atoms with Crippen molar-refractivity contribution in [2.45, 2.75) is 58.4 Å². The molecule has 182 valence electrons. The second kappa shape index (κ2) is 10.3. The normalized spacial score (nSPS) is 18.5. The number of hydrogen-bond acceptors (Lipinski definition) is 5. The van der Waals surface area contributed by atoms with Crippen molar-refractivity contribution in [3.8, 4) is 17.2 Å². The highest BCUT2D eigenvalue weighted by Crippen LogP contribution is 2.48. The minimum Gasteiger partial charge on any atom is -0.494 e. The highest BCUT2D eigenvalue weighted by molar-refractivity contribution is 9.10. The Balaban J connectivity index is 1.44. The van der Waals surface area contributed by atoms with Crippen LogP contribution in [0.4, 0.5) is 0 Å². The summed E-state index contributed by atoms with van der Waals surface area (Å²) in [5.41, 5.74) is 4.35. The molecule has 0 radical (unpaired) electrons. The van der Waals surface area contributed by atoms with E-state index in [1.165, 1.54) is 0 Å². The number of unbranched alkanes of at least 4 members (excludes halogenated alkanes) is 1. The lowest BCUT2D eigenvalue weighted by molar-refractivity contribution is -0.0191. The molecule has 0 aromatic heterocycles. The zero-order chi connectivity index (χ0) is 24.4. The molecule has 3 aromatic rings. The average Bonchev–Trinajstić information content (AvgIpc) is 3.30. The molecular formula is C29H31BrN2O3. The first-order chi connectivity index (χ1) is 17.0. The largest absolute Gasteiger partial charge is 0.494 e. The monoisotopic (exact) mass is 534 g/mol. The lowest BCUT2D eigenvalue weighted by atomic mass is 9.96. The fourth-order valence-corrected chi connectivity index (χ4v) is 4.89. The van der Waals surface area contributed by atoms with Crippen molar-refractivity contribution >= 4 is 21.6 Å². The maximum atomic E-state index is 6.51. The third kappa shape index (κ3) is 5.18. The highest BCUT2D eigenvalue weighted by Gasteiger charge is 2.41. The number of fused-ring (bicyclic) bond motifs is 3. The summed E-state index contributed by atoms with van der Waals surface area (Å²) in [6, 6.07) is 22.7. The van der Waals surface area contributed by atoms with Crippen LogP contribution in [0.25, 0.3) is 0 Å². The summed E-state index contributed by atoms with van der Waals surface area (Å²) in [5, 5.41) is 7.18. The topological polar surface area (TPSA) is 43.3 Å². The van der Waals surface area contributed by atoms with Gasteiger partial charge >= 0.3 is 0 Å². The van der Waals surface area contributed by atoms with Gasteiger partial charge < -0.3 is 14.2 Å². The van der Waals surface area contributed by atoms with Gasteiger partial charge in [-0.15, -0.1) is 0 Å². The van der Waals surface area contributed by atoms with Gasteiger partial charge in [0, 0.05) is 22.0 Å². The van der Waals surface area contributed by atoms with Crippen molar-refractivity contribution in [2.75, 3.05) is 6.61 Å². The molecule has 35 heavy (non-hydrogen) atoms. The molecule has 0 saturated carbocycles. The second-order valence-electron chi connectivity index (χ2n) is 9.26. The van der Waals surface area contributed by atoms with E-state index >= 15 is 0 Å². The number of hydrogen-bond donors (Lipinski definition) is 0. The van der Waals surface area contributed by atoms with E-state index in [-0.39, 0.29) is 18.4 Å². The maximum absolute atomic E-state index is 6.51. The van der Waals surface area contributed by atoms with Crippen LogP contribution in [-0.4, -0.2) is 23.4 Å². The lowest BCUT2D eigenvalue weighted by Crippen LogP contribution is -2.33. The molecule has 2 aliphatic rings. The third-order valence-electron chi connectivity index (χ3n) is 6.24. The number of nitrogens with zero attached hydrogens (tertiary/aromatic N) is 2. The quantitative estimate of drug-likeness (QED) is 0.278. The Bertz CT molecular complexity index is 1190. The van der Waals surface area contributed by atoms with Gasteiger partial charge in [-0.3, -0.25) is 0 Å². The van der Waals surface area contributed by atoms with Crippen LogP contribution >= 0.6 is 15.9 Å². The maximum Gasteiger partial charge on any atom is 0.213 e. The van der Waals surface area contributed by atoms with Gasteiger partial charge in [-0.2, -0.15) is 5.10 Å². The molecule has 0 fully saturated rings. The van der Waals surface area contributed by atoms with Gasteiger partial charge in [-0.05, 0) is 92.6 Å². The van der Waals surface area contributed by atoms with Crippen molar-refractivity contribution < 1.29 is 14.2 Å². The number of halogens is 1. The minimum atomic E-state index is -0.306. The van der Waals surface area contributed by atoms with E-state index in [0.29, 0.717) is 0 Å². The number of ether oxygens (including phenoxy) is 3. The Kier molecular flexibility index (Phi) is 7.00. The summed E-state index contributed by atoms with van der Waals surface area (Å²) in [6.07, 6.45) is 2.83. The summed E-state index contributed by atoms with van der Waals surface area (Å²) in [6.45, 7) is 6.97. The van der Waals surface area contributed by atoms with Gasteiger partial charge in [0.1, 0.15) is 17.2 Å². The molecule has 2 atom stereocenters. The molecule has 0 unspecified atom stereocenters. The first-order valence-corrected chi connectivity index (χ1v) is 13.1. The molecule has 3 aromatic carbocycles. The summed E-state index contributed by atoms with van der Waals surface area (Å²) in [4.78, 5) is 0. The Hall–Kier alpha value is -2.99. The van der Waals surface area contributed by atoms with Crippen LogP contribution in [0.3, 0.4) is 0 Å². The van der Waals surface area contributed by atoms with Crippen LogP contribution in [0, 0.1) is 0 Å². The van der Waals surface area contributed by atoms with E-state index in [4.69, 9.17) is 19.3 Å². The Morgan fingerprint density at radius 3 is 2.49 bits per heavy atom. The van der Waals surface area contributed by atoms with Gasteiger partial charge in [-0.25, -0.2) is 5.01 Å². The van der Waals surface area contributed by atoms with Crippen LogP contribution in [0.1, 0.15) is 69.0 Å². The molecule has 0 spiro atoms. The SMILES string of the molecule is CCCCOc1ccc([C@@H]2Oc3ccc(Br)cc3[C@H]3CC(c4ccc(OC(C)C)cc4)=NN32)cc1. The van der Waals surface area contributed by atoms with Crippen molar-refractivity contribution in [1.82, 2.24) is 5.01 Å². The van der Waals surface area contributed by atoms with Gasteiger partial charge in [0.05, 0.1) is 24.5 Å². The van der Waals surface area contributed by atoms with E-state index in [0.717, 1.165) is 70.0 Å². The van der Waals surface area contributed by atoms with Crippen LogP contribution in [0.2, 0.25) is 0 Å². The van der Waals surface area contributed by atoms with E-state index in [1.807, 2.05) is 50.2 Å². The van der Waals surface area contributed by atoms with Crippen molar-refractivity contribution in [2.24, 2.45) is 5.10 Å². The molecule has 2 aliphatic heterocycles. The molecule has 2 heterocycles. The highest BCUT2D eigenvalue weighted by atomic mass is 79.9. The average molecular weight is 535 g/mol. The van der Waals surface area contributed by atoms with Crippen LogP contribution in [0.5, 0.6) is 17.2 Å². The molecule has 5 nitrogen and oxygen atoms in total. The van der Waals surface area contributed by atoms with Crippen LogP contribution in [0.15, 0.2) is 76.3 Å². The molecule has 0 bridgehead atoms. The fraction of sp³-hybridized carbons (Fsp3) is 0.345. The second-order valence-corrected chi connectivity index (χ2v) is 10.2. The molecule has 0 N–H and O–H groups in total. The summed E-state index contributed by atoms with van der Waals surface area (Å²) >= 11 is 3.63. The van der Waals surface area contributed by atoms with Gasteiger partial charge in [0.2, 0.25) is 6.23 Å². The van der Waals surface area contributed by atoms with Crippen molar-refractivity contribution in [1.29, 1.82) is 0 Å². The van der Waals surface area contributed by atoms with E-state index in [2.05, 4.69) is 58.2 Å². The van der Waals surface area contributed by atoms with E-state index in [9.17, 15) is 0 Å². The first-order valence-electron chi connectivity index (χ1n) is 12.3. The van der Waals surface area contributed by atoms with E-state index < -0.39 is 0 Å². The fourth-order valence-electron chi connectivity index (χ4n) is 4.51. The van der Waals surface area contributed by atoms with Crippen LogP contribution < -0.4 is 14.2 Å². The molecule has 0 saturated heterocycles. The predicted octanol–water partition coefficient (Wildman–Crippen LogP) is 7.66. The molecule has 6 heteroatoms. The third-order valence-corrected chi connectivity index (χ3v) is 6.74. The van der Waals surface area contributed by atoms with Crippen molar-refractivity contribution in [3.05, 3.63) is 87.9 Å². The van der Waals surface area contributed by atoms with Crippen molar-refractivity contribution in [3.63, 3.8) is 0 Å². The summed E-state index contributed by atoms with van der Waals surface area (Å²) in [5.74, 6) is 2.66. The zero-order valence-corrected chi connectivity index (χ0v) is 22.0. The first kappa shape index (κ1) is 23.7. The summed E-state index contributed by atoms with van der Waals surface area (Å²) < 4.78 is 19.2. The molecule has 0 aliphatic carbocycles. The van der Waals surface area contributed by atoms with Gasteiger partial charge in [-0.1, -0.05) is 29.3 Å². The Morgan fingerprint density at radius 2 is 1.77 bits per heavy atom. The number of rotatable bonds is 8. The minimum absolute atomic E-state index is 0.100. The predicted molar refractivity (Wildman–Crippen MR) is 142 cm³/mol. The number of benzene rings is 3. The van der Waals surface area contributed by atoms with Gasteiger partial charge in [0.25, 0.3) is 0 Å². The van der Waals surface area contributed by atoms with Gasteiger partial charge in [0.15, 0.2) is 0 Å². The summed E-state index contributed by atoms with van der Waals surface area (Å²) in [7, 11) is 0. The Labute approximate surface area is 215 Å². The van der Waals surface area contributed by atoms with E-state index in [1.54, 1.807) is 0 Å². The number of hydrazone groups is 1. The standard InChI is InChI=1S/C29H31BrN2O3/c1-4-5-16-33-23-11-8-21(9-12-23)29-32-27(25-17-22(30)10-15-28(25)35-29)18-26(31-32)20-6-13-24(14-7-20)34-19(2)3/h6-15,17,19,27,29H,4-5,16,18H2,1-3H3/t27-,29+/m1/s1. The lowest BCUT2D eigenvalue weighted by Gasteiger charge is -2.38. The molecule has 0 amide bonds. The Morgan fingerprint density at radius 1 is 1.03 bits per heavy atom. The zero-order valence-electron chi connectivity index (χ0n) is 20.4.